The summed E-state index contributed by atoms with van der Waals surface area (Å²) >= 11 is 0. The third kappa shape index (κ3) is 3.52. The van der Waals surface area contributed by atoms with Gasteiger partial charge in [0.1, 0.15) is 0 Å². The first-order chi connectivity index (χ1) is 10.1. The minimum absolute atomic E-state index is 0.339. The molecule has 2 rings (SSSR count). The van der Waals surface area contributed by atoms with E-state index in [-0.39, 0.29) is 0 Å². The van der Waals surface area contributed by atoms with Crippen molar-refractivity contribution in [1.29, 1.82) is 0 Å². The summed E-state index contributed by atoms with van der Waals surface area (Å²) in [7, 11) is 0. The third-order valence-electron chi connectivity index (χ3n) is 3.12. The molecule has 0 aliphatic heterocycles. The van der Waals surface area contributed by atoms with Crippen LogP contribution in [0, 0.1) is 11.8 Å². The average molecular weight is 278 g/mol. The summed E-state index contributed by atoms with van der Waals surface area (Å²) in [6.07, 6.45) is 0. The van der Waals surface area contributed by atoms with Gasteiger partial charge in [-0.1, -0.05) is 54.0 Å². The smallest absolute Gasteiger partial charge is 0.384 e. The molecule has 0 aliphatic carbocycles. The topological polar surface area (TPSA) is 26.3 Å². The van der Waals surface area contributed by atoms with E-state index in [1.165, 1.54) is 0 Å². The van der Waals surface area contributed by atoms with Crippen LogP contribution < -0.4 is 0 Å². The van der Waals surface area contributed by atoms with Crippen LogP contribution in [0.4, 0.5) is 0 Å². The van der Waals surface area contributed by atoms with Crippen LogP contribution in [0.5, 0.6) is 0 Å². The van der Waals surface area contributed by atoms with Crippen molar-refractivity contribution in [3.8, 4) is 11.8 Å². The minimum Gasteiger partial charge on any atom is -0.456 e. The summed E-state index contributed by atoms with van der Waals surface area (Å²) in [6, 6.07) is 14.3. The fraction of sp³-hybridized carbons (Fsp3) is 0.211. The number of esters is 1. The lowest BCUT2D eigenvalue weighted by Crippen LogP contribution is -2.00. The highest BCUT2D eigenvalue weighted by molar-refractivity contribution is 6.00. The molecule has 0 heterocycles. The molecule has 2 heteroatoms. The zero-order chi connectivity index (χ0) is 15.2. The molecule has 2 aromatic rings. The normalized spacial score (nSPS) is 9.67. The Morgan fingerprint density at radius 1 is 1.05 bits per heavy atom. The SMILES string of the molecule is CCOC(=O)C#CC(=C(C)C)c1cccc2ccccc12. The number of fused-ring (bicyclic) bond motifs is 1. The molecule has 0 aliphatic rings. The van der Waals surface area contributed by atoms with E-state index in [2.05, 4.69) is 30.0 Å². The van der Waals surface area contributed by atoms with Gasteiger partial charge in [-0.25, -0.2) is 4.79 Å². The van der Waals surface area contributed by atoms with E-state index in [0.717, 1.165) is 27.5 Å². The first-order valence-electron chi connectivity index (χ1n) is 6.98. The highest BCUT2D eigenvalue weighted by atomic mass is 16.5. The monoisotopic (exact) mass is 278 g/mol. The Labute approximate surface area is 125 Å². The van der Waals surface area contributed by atoms with Crippen molar-refractivity contribution in [3.05, 3.63) is 53.6 Å². The maximum Gasteiger partial charge on any atom is 0.384 e. The van der Waals surface area contributed by atoms with Gasteiger partial charge in [-0.05, 0) is 37.1 Å². The van der Waals surface area contributed by atoms with Gasteiger partial charge >= 0.3 is 5.97 Å². The molecular formula is C19H18O2. The zero-order valence-corrected chi connectivity index (χ0v) is 12.6. The Balaban J connectivity index is 2.53. The van der Waals surface area contributed by atoms with Gasteiger partial charge in [-0.15, -0.1) is 0 Å². The molecule has 2 aromatic carbocycles. The van der Waals surface area contributed by atoms with Gasteiger partial charge in [0.05, 0.1) is 6.61 Å². The maximum atomic E-state index is 11.4. The summed E-state index contributed by atoms with van der Waals surface area (Å²) in [4.78, 5) is 11.4. The molecule has 0 unspecified atom stereocenters. The predicted octanol–water partition coefficient (Wildman–Crippen LogP) is 4.20. The van der Waals surface area contributed by atoms with E-state index in [1.807, 2.05) is 38.1 Å². The zero-order valence-electron chi connectivity index (χ0n) is 12.6. The molecule has 2 nitrogen and oxygen atoms in total. The summed E-state index contributed by atoms with van der Waals surface area (Å²) in [5.41, 5.74) is 2.99. The van der Waals surface area contributed by atoms with Gasteiger partial charge in [0, 0.05) is 11.5 Å². The number of ether oxygens (including phenoxy) is 1. The predicted molar refractivity (Wildman–Crippen MR) is 86.6 cm³/mol. The molecule has 106 valence electrons. The number of carbonyl (C=O) groups excluding carboxylic acids is 1. The number of allylic oxidation sites excluding steroid dienone is 2. The van der Waals surface area contributed by atoms with Gasteiger partial charge in [-0.2, -0.15) is 0 Å². The fourth-order valence-electron chi connectivity index (χ4n) is 2.19. The van der Waals surface area contributed by atoms with Crippen LogP contribution in [0.1, 0.15) is 26.3 Å². The Bertz CT molecular complexity index is 748. The van der Waals surface area contributed by atoms with E-state index in [4.69, 9.17) is 4.74 Å². The molecule has 0 N–H and O–H groups in total. The second-order valence-electron chi connectivity index (χ2n) is 4.87. The second-order valence-corrected chi connectivity index (χ2v) is 4.87. The van der Waals surface area contributed by atoms with Gasteiger partial charge < -0.3 is 4.74 Å². The minimum atomic E-state index is -0.489. The Hall–Kier alpha value is -2.53. The molecule has 0 saturated heterocycles. The highest BCUT2D eigenvalue weighted by Gasteiger charge is 2.06. The average Bonchev–Trinajstić information content (AvgIpc) is 2.47. The third-order valence-corrected chi connectivity index (χ3v) is 3.12. The van der Waals surface area contributed by atoms with Crippen LogP contribution in [-0.4, -0.2) is 12.6 Å². The summed E-state index contributed by atoms with van der Waals surface area (Å²) in [6.45, 7) is 6.10. The van der Waals surface area contributed by atoms with E-state index >= 15 is 0 Å². The fourth-order valence-corrected chi connectivity index (χ4v) is 2.19. The molecule has 0 spiro atoms. The van der Waals surface area contributed by atoms with Crippen molar-refractivity contribution >= 4 is 22.3 Å². The quantitative estimate of drug-likeness (QED) is 0.467. The van der Waals surface area contributed by atoms with Crippen LogP contribution in [0.15, 0.2) is 48.0 Å². The van der Waals surface area contributed by atoms with Crippen molar-refractivity contribution < 1.29 is 9.53 Å². The summed E-state index contributed by atoms with van der Waals surface area (Å²) in [5.74, 6) is 5.04. The highest BCUT2D eigenvalue weighted by Crippen LogP contribution is 2.26. The van der Waals surface area contributed by atoms with Crippen LogP contribution in [0.3, 0.4) is 0 Å². The van der Waals surface area contributed by atoms with Crippen molar-refractivity contribution in [2.45, 2.75) is 20.8 Å². The molecule has 0 radical (unpaired) electrons. The molecule has 0 amide bonds. The van der Waals surface area contributed by atoms with Crippen molar-refractivity contribution in [1.82, 2.24) is 0 Å². The lowest BCUT2D eigenvalue weighted by molar-refractivity contribution is -0.136. The van der Waals surface area contributed by atoms with Crippen molar-refractivity contribution in [3.63, 3.8) is 0 Å². The van der Waals surface area contributed by atoms with Crippen LogP contribution in [-0.2, 0) is 9.53 Å². The largest absolute Gasteiger partial charge is 0.456 e. The Kier molecular flexibility index (Phi) is 4.79. The van der Waals surface area contributed by atoms with E-state index < -0.39 is 5.97 Å². The van der Waals surface area contributed by atoms with Gasteiger partial charge in [0.15, 0.2) is 0 Å². The molecule has 0 saturated carbocycles. The first-order valence-corrected chi connectivity index (χ1v) is 6.98. The molecule has 0 aromatic heterocycles. The number of hydrogen-bond acceptors (Lipinski definition) is 2. The van der Waals surface area contributed by atoms with E-state index in [9.17, 15) is 4.79 Å². The Morgan fingerprint density at radius 3 is 2.48 bits per heavy atom. The van der Waals surface area contributed by atoms with E-state index in [1.54, 1.807) is 6.92 Å². The molecule has 0 atom stereocenters. The second kappa shape index (κ2) is 6.76. The van der Waals surface area contributed by atoms with Crippen LogP contribution >= 0.6 is 0 Å². The van der Waals surface area contributed by atoms with Gasteiger partial charge in [0.2, 0.25) is 0 Å². The number of carbonyl (C=O) groups is 1. The van der Waals surface area contributed by atoms with E-state index in [0.29, 0.717) is 6.61 Å². The van der Waals surface area contributed by atoms with Gasteiger partial charge in [-0.3, -0.25) is 0 Å². The van der Waals surface area contributed by atoms with Crippen molar-refractivity contribution in [2.75, 3.05) is 6.61 Å². The summed E-state index contributed by atoms with van der Waals surface area (Å²) < 4.78 is 4.86. The van der Waals surface area contributed by atoms with Crippen molar-refractivity contribution in [2.24, 2.45) is 0 Å². The summed E-state index contributed by atoms with van der Waals surface area (Å²) in [5, 5.41) is 2.29. The molecule has 0 fully saturated rings. The number of rotatable bonds is 2. The number of hydrogen-bond donors (Lipinski definition) is 0. The van der Waals surface area contributed by atoms with Crippen LogP contribution in [0.25, 0.3) is 16.3 Å². The lowest BCUT2D eigenvalue weighted by atomic mass is 9.96. The maximum absolute atomic E-state index is 11.4. The number of benzene rings is 2. The molecule has 0 bridgehead atoms. The van der Waals surface area contributed by atoms with Gasteiger partial charge in [0.25, 0.3) is 0 Å². The first kappa shape index (κ1) is 14.9. The standard InChI is InChI=1S/C19H18O2/c1-4-21-19(20)13-12-16(14(2)3)18-11-7-9-15-8-5-6-10-17(15)18/h5-11H,4H2,1-3H3. The molecular weight excluding hydrogens is 260 g/mol. The van der Waals surface area contributed by atoms with Crippen LogP contribution in [0.2, 0.25) is 0 Å². The molecule has 21 heavy (non-hydrogen) atoms. The Morgan fingerprint density at radius 2 is 1.76 bits per heavy atom. The lowest BCUT2D eigenvalue weighted by Gasteiger charge is -2.08.